The minimum Gasteiger partial charge on any atom is -0.437 e. The second-order valence-corrected chi connectivity index (χ2v) is 6.34. The summed E-state index contributed by atoms with van der Waals surface area (Å²) in [4.78, 5) is 20.1. The first kappa shape index (κ1) is 16.6. The Kier molecular flexibility index (Phi) is 4.30. The Morgan fingerprint density at radius 1 is 0.929 bits per heavy atom. The van der Waals surface area contributed by atoms with Crippen LogP contribution in [-0.2, 0) is 4.74 Å². The van der Waals surface area contributed by atoms with E-state index in [1.165, 1.54) is 0 Å². The molecule has 0 atom stereocenters. The number of nitrogens with zero attached hydrogens (tertiary/aromatic N) is 6. The molecule has 0 N–H and O–H groups in total. The summed E-state index contributed by atoms with van der Waals surface area (Å²) in [5, 5.41) is 0. The van der Waals surface area contributed by atoms with Crippen LogP contribution in [0, 0.1) is 0 Å². The molecule has 1 fully saturated rings. The lowest BCUT2D eigenvalue weighted by atomic mass is 10.3. The minimum atomic E-state index is 0.423. The third-order valence-corrected chi connectivity index (χ3v) is 4.54. The maximum atomic E-state index is 6.05. The second kappa shape index (κ2) is 7.24. The summed E-state index contributed by atoms with van der Waals surface area (Å²) in [7, 11) is 0. The van der Waals surface area contributed by atoms with Crippen LogP contribution in [0.4, 0.5) is 5.95 Å². The summed E-state index contributed by atoms with van der Waals surface area (Å²) in [5.74, 6) is 1.68. The van der Waals surface area contributed by atoms with E-state index in [9.17, 15) is 0 Å². The third-order valence-electron chi connectivity index (χ3n) is 4.54. The molecule has 1 aliphatic heterocycles. The lowest BCUT2D eigenvalue weighted by molar-refractivity contribution is 0.122. The minimum absolute atomic E-state index is 0.423. The molecule has 1 aliphatic rings. The zero-order valence-electron chi connectivity index (χ0n) is 15.1. The van der Waals surface area contributed by atoms with Gasteiger partial charge in [0.25, 0.3) is 5.88 Å². The van der Waals surface area contributed by atoms with Crippen molar-refractivity contribution in [1.29, 1.82) is 0 Å². The van der Waals surface area contributed by atoms with Crippen molar-refractivity contribution in [2.45, 2.75) is 0 Å². The Bertz CT molecular complexity index is 1080. The van der Waals surface area contributed by atoms with Gasteiger partial charge in [0.2, 0.25) is 5.95 Å². The molecule has 1 aromatic carbocycles. The third kappa shape index (κ3) is 3.14. The molecule has 0 aliphatic carbocycles. The van der Waals surface area contributed by atoms with E-state index in [1.54, 1.807) is 30.9 Å². The molecule has 4 aromatic rings. The molecule has 0 amide bonds. The van der Waals surface area contributed by atoms with Crippen LogP contribution in [0.25, 0.3) is 16.9 Å². The molecule has 0 saturated carbocycles. The van der Waals surface area contributed by atoms with Crippen LogP contribution < -0.4 is 9.64 Å². The van der Waals surface area contributed by atoms with Gasteiger partial charge in [0.05, 0.1) is 13.2 Å². The number of rotatable bonds is 4. The molecular formula is C20H18N6O2. The van der Waals surface area contributed by atoms with E-state index < -0.39 is 0 Å². The van der Waals surface area contributed by atoms with Crippen molar-refractivity contribution in [2.24, 2.45) is 0 Å². The predicted molar refractivity (Wildman–Crippen MR) is 104 cm³/mol. The Balaban J connectivity index is 1.65. The number of imidazole rings is 1. The topological polar surface area (TPSA) is 78.2 Å². The fourth-order valence-electron chi connectivity index (χ4n) is 3.13. The maximum Gasteiger partial charge on any atom is 0.252 e. The summed E-state index contributed by atoms with van der Waals surface area (Å²) in [6.07, 6.45) is 5.11. The Hall–Kier alpha value is -3.52. The molecule has 28 heavy (non-hydrogen) atoms. The molecule has 4 heterocycles. The SMILES string of the molecule is c1ccc(-n2cnc3c(Oc4ccncc4)nc(N4CCOCC4)nc32)cc1. The standard InChI is InChI=1S/C20H18N6O2/c1-2-4-15(5-3-1)26-14-22-17-18(26)23-20(25-10-12-27-13-11-25)24-19(17)28-16-6-8-21-9-7-16/h1-9,14H,10-13H2. The van der Waals surface area contributed by atoms with Gasteiger partial charge in [-0.3, -0.25) is 9.55 Å². The zero-order chi connectivity index (χ0) is 18.8. The second-order valence-electron chi connectivity index (χ2n) is 6.34. The van der Waals surface area contributed by atoms with E-state index >= 15 is 0 Å². The number of fused-ring (bicyclic) bond motifs is 1. The lowest BCUT2D eigenvalue weighted by Crippen LogP contribution is -2.37. The molecule has 8 nitrogen and oxygen atoms in total. The van der Waals surface area contributed by atoms with Gasteiger partial charge in [0.1, 0.15) is 12.1 Å². The van der Waals surface area contributed by atoms with Gasteiger partial charge in [0.15, 0.2) is 11.2 Å². The molecule has 0 spiro atoms. The highest BCUT2D eigenvalue weighted by Gasteiger charge is 2.21. The summed E-state index contributed by atoms with van der Waals surface area (Å²) in [6.45, 7) is 2.78. The quantitative estimate of drug-likeness (QED) is 0.543. The van der Waals surface area contributed by atoms with Gasteiger partial charge < -0.3 is 14.4 Å². The van der Waals surface area contributed by atoms with Gasteiger partial charge >= 0.3 is 0 Å². The lowest BCUT2D eigenvalue weighted by Gasteiger charge is -2.27. The Labute approximate surface area is 161 Å². The van der Waals surface area contributed by atoms with Gasteiger partial charge in [-0.2, -0.15) is 9.97 Å². The number of anilines is 1. The van der Waals surface area contributed by atoms with Crippen molar-refractivity contribution in [1.82, 2.24) is 24.5 Å². The molecule has 140 valence electrons. The van der Waals surface area contributed by atoms with Crippen LogP contribution in [0.1, 0.15) is 0 Å². The molecule has 0 unspecified atom stereocenters. The van der Waals surface area contributed by atoms with Gasteiger partial charge in [-0.05, 0) is 24.3 Å². The molecule has 0 radical (unpaired) electrons. The van der Waals surface area contributed by atoms with Crippen LogP contribution >= 0.6 is 0 Å². The van der Waals surface area contributed by atoms with Crippen molar-refractivity contribution in [3.8, 4) is 17.3 Å². The smallest absolute Gasteiger partial charge is 0.252 e. The fraction of sp³-hybridized carbons (Fsp3) is 0.200. The highest BCUT2D eigenvalue weighted by molar-refractivity contribution is 5.80. The molecule has 5 rings (SSSR count). The number of hydrogen-bond donors (Lipinski definition) is 0. The number of hydrogen-bond acceptors (Lipinski definition) is 7. The largest absolute Gasteiger partial charge is 0.437 e. The molecular weight excluding hydrogens is 356 g/mol. The van der Waals surface area contributed by atoms with Crippen molar-refractivity contribution in [3.05, 3.63) is 61.2 Å². The Morgan fingerprint density at radius 2 is 1.71 bits per heavy atom. The molecule has 1 saturated heterocycles. The maximum absolute atomic E-state index is 6.05. The van der Waals surface area contributed by atoms with Crippen LogP contribution in [0.5, 0.6) is 11.6 Å². The molecule has 3 aromatic heterocycles. The number of pyridine rings is 1. The summed E-state index contributed by atoms with van der Waals surface area (Å²) in [5.41, 5.74) is 2.29. The van der Waals surface area contributed by atoms with E-state index in [2.05, 4.69) is 19.9 Å². The van der Waals surface area contributed by atoms with Crippen LogP contribution in [0.2, 0.25) is 0 Å². The average Bonchev–Trinajstić information content (AvgIpc) is 3.20. The summed E-state index contributed by atoms with van der Waals surface area (Å²) < 4.78 is 13.5. The number of morpholine rings is 1. The normalized spacial score (nSPS) is 14.4. The fourth-order valence-corrected chi connectivity index (χ4v) is 3.13. The van der Waals surface area contributed by atoms with Crippen molar-refractivity contribution < 1.29 is 9.47 Å². The summed E-state index contributed by atoms with van der Waals surface area (Å²) >= 11 is 0. The monoisotopic (exact) mass is 374 g/mol. The van der Waals surface area contributed by atoms with Crippen LogP contribution in [0.3, 0.4) is 0 Å². The number of ether oxygens (including phenoxy) is 2. The van der Waals surface area contributed by atoms with E-state index in [1.807, 2.05) is 34.9 Å². The van der Waals surface area contributed by atoms with Gasteiger partial charge in [0, 0.05) is 31.2 Å². The van der Waals surface area contributed by atoms with Gasteiger partial charge in [-0.1, -0.05) is 18.2 Å². The van der Waals surface area contributed by atoms with Crippen LogP contribution in [-0.4, -0.2) is 50.8 Å². The first-order chi connectivity index (χ1) is 13.9. The molecule has 0 bridgehead atoms. The highest BCUT2D eigenvalue weighted by Crippen LogP contribution is 2.30. The van der Waals surface area contributed by atoms with Crippen molar-refractivity contribution in [3.63, 3.8) is 0 Å². The van der Waals surface area contributed by atoms with Crippen molar-refractivity contribution >= 4 is 17.1 Å². The highest BCUT2D eigenvalue weighted by atomic mass is 16.5. The number of para-hydroxylation sites is 1. The zero-order valence-corrected chi connectivity index (χ0v) is 15.1. The predicted octanol–water partition coefficient (Wildman–Crippen LogP) is 2.84. The van der Waals surface area contributed by atoms with E-state index in [4.69, 9.17) is 14.5 Å². The Morgan fingerprint density at radius 3 is 2.50 bits per heavy atom. The average molecular weight is 374 g/mol. The van der Waals surface area contributed by atoms with E-state index in [-0.39, 0.29) is 0 Å². The van der Waals surface area contributed by atoms with Gasteiger partial charge in [-0.15, -0.1) is 0 Å². The summed E-state index contributed by atoms with van der Waals surface area (Å²) in [6, 6.07) is 13.6. The van der Waals surface area contributed by atoms with Gasteiger partial charge in [-0.25, -0.2) is 4.98 Å². The first-order valence-electron chi connectivity index (χ1n) is 9.09. The van der Waals surface area contributed by atoms with E-state index in [0.717, 1.165) is 18.8 Å². The molecule has 8 heteroatoms. The first-order valence-corrected chi connectivity index (χ1v) is 9.09. The number of aromatic nitrogens is 5. The van der Waals surface area contributed by atoms with Crippen molar-refractivity contribution in [2.75, 3.05) is 31.2 Å². The van der Waals surface area contributed by atoms with E-state index in [0.29, 0.717) is 42.0 Å². The number of benzene rings is 1. The van der Waals surface area contributed by atoms with Crippen LogP contribution in [0.15, 0.2) is 61.2 Å².